The number of ether oxygens (including phenoxy) is 2. The van der Waals surface area contributed by atoms with Crippen LogP contribution in [0, 0.1) is 23.4 Å². The maximum atomic E-state index is 13.8. The summed E-state index contributed by atoms with van der Waals surface area (Å²) < 4.78 is 51.1. The van der Waals surface area contributed by atoms with Crippen molar-refractivity contribution in [2.45, 2.75) is 77.4 Å². The molecule has 1 aromatic carbocycles. The molecule has 1 fully saturated rings. The Morgan fingerprint density at radius 3 is 2.35 bits per heavy atom. The molecule has 0 saturated heterocycles. The molecule has 1 aromatic rings. The summed E-state index contributed by atoms with van der Waals surface area (Å²) in [6, 6.07) is 0.388. The van der Waals surface area contributed by atoms with E-state index in [1.165, 1.54) is 0 Å². The smallest absolute Gasteiger partial charge is 0.407 e. The Hall–Kier alpha value is -2.78. The number of halogens is 3. The molecule has 2 amide bonds. The lowest BCUT2D eigenvalue weighted by molar-refractivity contribution is -0.131. The fraction of sp³-hybridized carbons (Fsp3) is 0.625. The van der Waals surface area contributed by atoms with Crippen LogP contribution in [0.15, 0.2) is 12.1 Å². The van der Waals surface area contributed by atoms with Gasteiger partial charge in [0.2, 0.25) is 11.7 Å². The third kappa shape index (κ3) is 8.87. The van der Waals surface area contributed by atoms with E-state index >= 15 is 0 Å². The fourth-order valence-electron chi connectivity index (χ4n) is 3.65. The van der Waals surface area contributed by atoms with E-state index in [1.54, 1.807) is 20.8 Å². The van der Waals surface area contributed by atoms with Gasteiger partial charge >= 0.3 is 6.09 Å². The van der Waals surface area contributed by atoms with Crippen molar-refractivity contribution >= 4 is 17.8 Å². The van der Waals surface area contributed by atoms with Crippen LogP contribution in [0.5, 0.6) is 5.75 Å². The Kier molecular flexibility index (Phi) is 10.2. The minimum absolute atomic E-state index is 0.178. The molecule has 34 heavy (non-hydrogen) atoms. The minimum atomic E-state index is -1.52. The zero-order valence-corrected chi connectivity index (χ0v) is 19.8. The first-order chi connectivity index (χ1) is 16.0. The van der Waals surface area contributed by atoms with Crippen LogP contribution in [0.1, 0.15) is 65.7 Å². The van der Waals surface area contributed by atoms with Gasteiger partial charge in [-0.3, -0.25) is 9.59 Å². The molecule has 0 bridgehead atoms. The number of hydrogen-bond donors (Lipinski definition) is 2. The lowest BCUT2D eigenvalue weighted by Gasteiger charge is -2.21. The second-order valence-corrected chi connectivity index (χ2v) is 9.39. The van der Waals surface area contributed by atoms with Crippen LogP contribution < -0.4 is 15.4 Å². The number of ketones is 1. The highest BCUT2D eigenvalue weighted by Crippen LogP contribution is 2.26. The van der Waals surface area contributed by atoms with E-state index in [9.17, 15) is 27.6 Å². The molecular weight excluding hydrogens is 453 g/mol. The molecule has 0 aromatic heterocycles. The summed E-state index contributed by atoms with van der Waals surface area (Å²) in [4.78, 5) is 37.0. The Labute approximate surface area is 197 Å². The highest BCUT2D eigenvalue weighted by molar-refractivity contribution is 5.90. The Balaban J connectivity index is 1.91. The van der Waals surface area contributed by atoms with Gasteiger partial charge in [0.05, 0.1) is 6.04 Å². The monoisotopic (exact) mass is 486 g/mol. The molecule has 1 saturated carbocycles. The fourth-order valence-corrected chi connectivity index (χ4v) is 3.65. The van der Waals surface area contributed by atoms with Gasteiger partial charge in [0.15, 0.2) is 23.2 Å². The third-order valence-corrected chi connectivity index (χ3v) is 5.38. The molecule has 1 atom stereocenters. The summed E-state index contributed by atoms with van der Waals surface area (Å²) in [6.45, 7) is 4.82. The van der Waals surface area contributed by atoms with Crippen LogP contribution >= 0.6 is 0 Å². The van der Waals surface area contributed by atoms with Crippen LogP contribution in [0.4, 0.5) is 18.0 Å². The average molecular weight is 487 g/mol. The molecule has 1 aliphatic carbocycles. The molecule has 7 nitrogen and oxygen atoms in total. The van der Waals surface area contributed by atoms with Gasteiger partial charge in [-0.05, 0) is 65.0 Å². The first-order valence-corrected chi connectivity index (χ1v) is 11.5. The molecular formula is C24H33F3N2O5. The number of unbranched alkanes of at least 4 members (excludes halogenated alkanes) is 1. The van der Waals surface area contributed by atoms with Gasteiger partial charge in [0.1, 0.15) is 12.2 Å². The third-order valence-electron chi connectivity index (χ3n) is 5.38. The summed E-state index contributed by atoms with van der Waals surface area (Å²) >= 11 is 0. The number of benzene rings is 1. The molecule has 2 rings (SSSR count). The molecule has 2 N–H and O–H groups in total. The number of nitrogens with one attached hydrogen (secondary N) is 2. The summed E-state index contributed by atoms with van der Waals surface area (Å²) in [7, 11) is 0. The SMILES string of the molecule is CC(C)(C)OC(=O)NCCCC[C@@H](NC(=O)C1CCCC1)C(=O)COc1c(F)ccc(F)c1F. The molecule has 1 aliphatic rings. The van der Waals surface area contributed by atoms with Gasteiger partial charge in [-0.2, -0.15) is 4.39 Å². The second kappa shape index (κ2) is 12.6. The number of alkyl carbamates (subject to hydrolysis) is 1. The van der Waals surface area contributed by atoms with E-state index in [2.05, 4.69) is 10.6 Å². The standard InChI is InChI=1S/C24H33F3N2O5/c1-24(2,3)34-23(32)28-13-7-6-10-18(29-22(31)15-8-4-5-9-15)19(30)14-33-21-17(26)12-11-16(25)20(21)27/h11-12,15,18H,4-10,13-14H2,1-3H3,(H,28,32)(H,29,31)/t18-/m1/s1. The number of amides is 2. The zero-order valence-electron chi connectivity index (χ0n) is 19.8. The highest BCUT2D eigenvalue weighted by Gasteiger charge is 2.28. The molecule has 0 unspecified atom stereocenters. The van der Waals surface area contributed by atoms with E-state index < -0.39 is 53.3 Å². The van der Waals surface area contributed by atoms with E-state index in [0.717, 1.165) is 25.7 Å². The predicted molar refractivity (Wildman–Crippen MR) is 119 cm³/mol. The number of rotatable bonds is 11. The van der Waals surface area contributed by atoms with E-state index in [0.29, 0.717) is 31.5 Å². The van der Waals surface area contributed by atoms with Gasteiger partial charge in [-0.15, -0.1) is 0 Å². The maximum Gasteiger partial charge on any atom is 0.407 e. The number of carbonyl (C=O) groups is 3. The van der Waals surface area contributed by atoms with Crippen LogP contribution in [-0.2, 0) is 14.3 Å². The largest absolute Gasteiger partial charge is 0.480 e. The summed E-state index contributed by atoms with van der Waals surface area (Å²) in [5.74, 6) is -5.94. The molecule has 0 heterocycles. The first kappa shape index (κ1) is 27.5. The lowest BCUT2D eigenvalue weighted by Crippen LogP contribution is -2.45. The van der Waals surface area contributed by atoms with Crippen molar-refractivity contribution in [2.75, 3.05) is 13.2 Å². The molecule has 0 radical (unpaired) electrons. The normalized spacial score (nSPS) is 15.0. The van der Waals surface area contributed by atoms with Gasteiger partial charge in [0, 0.05) is 12.5 Å². The van der Waals surface area contributed by atoms with Crippen molar-refractivity contribution in [1.29, 1.82) is 0 Å². The molecule has 0 spiro atoms. The van der Waals surface area contributed by atoms with Crippen LogP contribution in [0.2, 0.25) is 0 Å². The van der Waals surface area contributed by atoms with E-state index in [1.807, 2.05) is 0 Å². The second-order valence-electron chi connectivity index (χ2n) is 9.39. The first-order valence-electron chi connectivity index (χ1n) is 11.5. The molecule has 0 aliphatic heterocycles. The van der Waals surface area contributed by atoms with Gasteiger partial charge in [0.25, 0.3) is 0 Å². The van der Waals surface area contributed by atoms with Crippen molar-refractivity contribution in [3.63, 3.8) is 0 Å². The van der Waals surface area contributed by atoms with E-state index in [-0.39, 0.29) is 18.2 Å². The minimum Gasteiger partial charge on any atom is -0.480 e. The Morgan fingerprint density at radius 2 is 1.71 bits per heavy atom. The summed E-state index contributed by atoms with van der Waals surface area (Å²) in [6.07, 6.45) is 4.02. The average Bonchev–Trinajstić information content (AvgIpc) is 3.29. The number of hydrogen-bond acceptors (Lipinski definition) is 5. The number of carbonyl (C=O) groups excluding carboxylic acids is 3. The van der Waals surface area contributed by atoms with Crippen molar-refractivity contribution < 1.29 is 37.0 Å². The molecule has 190 valence electrons. The van der Waals surface area contributed by atoms with Crippen molar-refractivity contribution in [3.05, 3.63) is 29.6 Å². The highest BCUT2D eigenvalue weighted by atomic mass is 19.2. The predicted octanol–water partition coefficient (Wildman–Crippen LogP) is 4.42. The van der Waals surface area contributed by atoms with E-state index in [4.69, 9.17) is 9.47 Å². The van der Waals surface area contributed by atoms with Crippen molar-refractivity contribution in [3.8, 4) is 5.75 Å². The Bertz CT molecular complexity index is 867. The van der Waals surface area contributed by atoms with Crippen molar-refractivity contribution in [1.82, 2.24) is 10.6 Å². The van der Waals surface area contributed by atoms with Crippen molar-refractivity contribution in [2.24, 2.45) is 5.92 Å². The quantitative estimate of drug-likeness (QED) is 0.357. The molecule has 10 heteroatoms. The summed E-state index contributed by atoms with van der Waals surface area (Å²) in [5, 5.41) is 5.34. The van der Waals surface area contributed by atoms with Crippen LogP contribution in [0.25, 0.3) is 0 Å². The maximum absolute atomic E-state index is 13.8. The van der Waals surface area contributed by atoms with Crippen LogP contribution in [-0.4, -0.2) is 42.6 Å². The summed E-state index contributed by atoms with van der Waals surface area (Å²) in [5.41, 5.74) is -0.618. The zero-order chi connectivity index (χ0) is 25.3. The van der Waals surface area contributed by atoms with Gasteiger partial charge in [-0.25, -0.2) is 13.6 Å². The van der Waals surface area contributed by atoms with Gasteiger partial charge in [-0.1, -0.05) is 12.8 Å². The topological polar surface area (TPSA) is 93.7 Å². The Morgan fingerprint density at radius 1 is 1.06 bits per heavy atom. The number of Topliss-reactive ketones (excluding diaryl/α,β-unsaturated/α-hetero) is 1. The lowest BCUT2D eigenvalue weighted by atomic mass is 10.0. The van der Waals surface area contributed by atoms with Gasteiger partial charge < -0.3 is 20.1 Å². The van der Waals surface area contributed by atoms with Crippen LogP contribution in [0.3, 0.4) is 0 Å².